The van der Waals surface area contributed by atoms with Crippen molar-refractivity contribution < 1.29 is 4.39 Å². The maximum Gasteiger partial charge on any atom is 0.174 e. The van der Waals surface area contributed by atoms with E-state index in [1.807, 2.05) is 25.1 Å². The van der Waals surface area contributed by atoms with E-state index in [2.05, 4.69) is 4.98 Å². The average molecular weight is 230 g/mol. The fourth-order valence-electron chi connectivity index (χ4n) is 1.88. The van der Waals surface area contributed by atoms with Crippen molar-refractivity contribution in [3.8, 4) is 0 Å². The van der Waals surface area contributed by atoms with Crippen molar-refractivity contribution in [1.82, 2.24) is 4.98 Å². The summed E-state index contributed by atoms with van der Waals surface area (Å²) in [6, 6.07) is 10.7. The van der Waals surface area contributed by atoms with Gasteiger partial charge >= 0.3 is 0 Å². The van der Waals surface area contributed by atoms with E-state index < -0.39 is 5.67 Å². The van der Waals surface area contributed by atoms with Gasteiger partial charge in [-0.15, -0.1) is 0 Å². The summed E-state index contributed by atoms with van der Waals surface area (Å²) in [5.41, 5.74) is 5.95. The van der Waals surface area contributed by atoms with Crippen molar-refractivity contribution in [3.63, 3.8) is 0 Å². The minimum Gasteiger partial charge on any atom is -0.327 e. The number of hydrogen-bond donors (Lipinski definition) is 1. The van der Waals surface area contributed by atoms with Crippen LogP contribution in [-0.2, 0) is 5.67 Å². The van der Waals surface area contributed by atoms with Crippen LogP contribution < -0.4 is 5.73 Å². The molecule has 0 amide bonds. The third-order valence-electron chi connectivity index (χ3n) is 2.85. The van der Waals surface area contributed by atoms with Gasteiger partial charge in [0.05, 0.1) is 0 Å². The monoisotopic (exact) mass is 230 g/mol. The van der Waals surface area contributed by atoms with Gasteiger partial charge in [-0.1, -0.05) is 30.3 Å². The molecule has 0 aliphatic rings. The Hall–Kier alpha value is -1.74. The topological polar surface area (TPSA) is 38.9 Å². The van der Waals surface area contributed by atoms with E-state index in [4.69, 9.17) is 5.73 Å². The van der Waals surface area contributed by atoms with Crippen molar-refractivity contribution in [2.75, 3.05) is 6.54 Å². The Kier molecular flexibility index (Phi) is 3.20. The van der Waals surface area contributed by atoms with Gasteiger partial charge < -0.3 is 5.73 Å². The summed E-state index contributed by atoms with van der Waals surface area (Å²) in [4.78, 5) is 4.03. The number of alkyl halides is 1. The van der Waals surface area contributed by atoms with Gasteiger partial charge in [0.15, 0.2) is 5.67 Å². The predicted molar refractivity (Wildman–Crippen MR) is 66.4 cm³/mol. The minimum atomic E-state index is -1.67. The van der Waals surface area contributed by atoms with Crippen molar-refractivity contribution in [1.29, 1.82) is 0 Å². The first kappa shape index (κ1) is 11.7. The Morgan fingerprint density at radius 3 is 2.47 bits per heavy atom. The normalized spacial score (nSPS) is 14.3. The van der Waals surface area contributed by atoms with E-state index in [0.29, 0.717) is 11.1 Å². The fraction of sp³-hybridized carbons (Fsp3) is 0.214. The molecule has 0 aliphatic heterocycles. The molecule has 1 aromatic carbocycles. The Labute approximate surface area is 100 Å². The standard InChI is InChI=1S/C14H15FN2/c1-11-7-13(9-17-8-11)14(15,10-16)12-5-3-2-4-6-12/h2-9H,10,16H2,1H3. The van der Waals surface area contributed by atoms with E-state index >= 15 is 4.39 Å². The lowest BCUT2D eigenvalue weighted by molar-refractivity contribution is 0.232. The molecule has 2 N–H and O–H groups in total. The molecule has 88 valence electrons. The van der Waals surface area contributed by atoms with Gasteiger partial charge in [0.2, 0.25) is 0 Å². The smallest absolute Gasteiger partial charge is 0.174 e. The molecular formula is C14H15FN2. The SMILES string of the molecule is Cc1cncc(C(F)(CN)c2ccccc2)c1. The molecule has 0 aliphatic carbocycles. The van der Waals surface area contributed by atoms with Crippen molar-refractivity contribution in [2.45, 2.75) is 12.6 Å². The van der Waals surface area contributed by atoms with E-state index in [-0.39, 0.29) is 6.54 Å². The highest BCUT2D eigenvalue weighted by atomic mass is 19.1. The van der Waals surface area contributed by atoms with Crippen LogP contribution in [0.15, 0.2) is 48.8 Å². The second-order valence-corrected chi connectivity index (χ2v) is 4.12. The number of nitrogens with zero attached hydrogens (tertiary/aromatic N) is 1. The number of pyridine rings is 1. The molecule has 2 rings (SSSR count). The lowest BCUT2D eigenvalue weighted by Gasteiger charge is -2.24. The van der Waals surface area contributed by atoms with Gasteiger partial charge in [0.1, 0.15) is 0 Å². The van der Waals surface area contributed by atoms with Gasteiger partial charge in [0.25, 0.3) is 0 Å². The Balaban J connectivity index is 2.52. The van der Waals surface area contributed by atoms with E-state index in [1.54, 1.807) is 24.4 Å². The molecule has 3 heteroatoms. The van der Waals surface area contributed by atoms with Gasteiger partial charge in [-0.05, 0) is 24.1 Å². The number of rotatable bonds is 3. The molecule has 0 fully saturated rings. The molecule has 2 aromatic rings. The fourth-order valence-corrected chi connectivity index (χ4v) is 1.88. The number of aryl methyl sites for hydroxylation is 1. The summed E-state index contributed by atoms with van der Waals surface area (Å²) in [5, 5.41) is 0. The molecule has 0 saturated heterocycles. The van der Waals surface area contributed by atoms with Crippen molar-refractivity contribution in [3.05, 3.63) is 65.5 Å². The van der Waals surface area contributed by atoms with Crippen LogP contribution in [0.2, 0.25) is 0 Å². The summed E-state index contributed by atoms with van der Waals surface area (Å²) in [7, 11) is 0. The highest BCUT2D eigenvalue weighted by molar-refractivity contribution is 5.36. The molecule has 0 spiro atoms. The van der Waals surface area contributed by atoms with Crippen LogP contribution in [0.5, 0.6) is 0 Å². The summed E-state index contributed by atoms with van der Waals surface area (Å²) < 4.78 is 15.0. The first-order valence-electron chi connectivity index (χ1n) is 5.53. The maximum absolute atomic E-state index is 15.0. The lowest BCUT2D eigenvalue weighted by atomic mass is 9.89. The third-order valence-corrected chi connectivity index (χ3v) is 2.85. The molecule has 1 unspecified atom stereocenters. The zero-order valence-corrected chi connectivity index (χ0v) is 9.73. The first-order chi connectivity index (χ1) is 8.16. The van der Waals surface area contributed by atoms with Crippen LogP contribution in [0.1, 0.15) is 16.7 Å². The Morgan fingerprint density at radius 1 is 1.18 bits per heavy atom. The average Bonchev–Trinajstić information content (AvgIpc) is 2.39. The van der Waals surface area contributed by atoms with Gasteiger partial charge in [-0.3, -0.25) is 4.98 Å². The molecule has 2 nitrogen and oxygen atoms in total. The van der Waals surface area contributed by atoms with Gasteiger partial charge in [-0.2, -0.15) is 0 Å². The van der Waals surface area contributed by atoms with E-state index in [9.17, 15) is 0 Å². The highest BCUT2D eigenvalue weighted by Crippen LogP contribution is 2.32. The summed E-state index contributed by atoms with van der Waals surface area (Å²) >= 11 is 0. The number of halogens is 1. The second-order valence-electron chi connectivity index (χ2n) is 4.12. The summed E-state index contributed by atoms with van der Waals surface area (Å²) in [6.07, 6.45) is 3.23. The van der Waals surface area contributed by atoms with Crippen LogP contribution in [0, 0.1) is 6.92 Å². The first-order valence-corrected chi connectivity index (χ1v) is 5.53. The number of benzene rings is 1. The molecule has 17 heavy (non-hydrogen) atoms. The van der Waals surface area contributed by atoms with Crippen molar-refractivity contribution in [2.24, 2.45) is 5.73 Å². The quantitative estimate of drug-likeness (QED) is 0.880. The number of nitrogens with two attached hydrogens (primary N) is 1. The maximum atomic E-state index is 15.0. The van der Waals surface area contributed by atoms with Crippen molar-refractivity contribution >= 4 is 0 Å². The zero-order valence-electron chi connectivity index (χ0n) is 9.73. The van der Waals surface area contributed by atoms with E-state index in [0.717, 1.165) is 5.56 Å². The van der Waals surface area contributed by atoms with Crippen LogP contribution in [0.4, 0.5) is 4.39 Å². The summed E-state index contributed by atoms with van der Waals surface area (Å²) in [5.74, 6) is 0. The molecule has 1 atom stereocenters. The highest BCUT2D eigenvalue weighted by Gasteiger charge is 2.32. The molecule has 1 heterocycles. The largest absolute Gasteiger partial charge is 0.327 e. The lowest BCUT2D eigenvalue weighted by Crippen LogP contribution is -2.31. The molecule has 1 aromatic heterocycles. The number of aromatic nitrogens is 1. The second kappa shape index (κ2) is 4.63. The van der Waals surface area contributed by atoms with Gasteiger partial charge in [0, 0.05) is 24.5 Å². The van der Waals surface area contributed by atoms with Crippen LogP contribution in [0.25, 0.3) is 0 Å². The zero-order chi connectivity index (χ0) is 12.3. The Morgan fingerprint density at radius 2 is 1.88 bits per heavy atom. The molecule has 0 bridgehead atoms. The van der Waals surface area contributed by atoms with Crippen LogP contribution in [-0.4, -0.2) is 11.5 Å². The molecular weight excluding hydrogens is 215 g/mol. The minimum absolute atomic E-state index is 0.0951. The predicted octanol–water partition coefficient (Wildman–Crippen LogP) is 2.56. The van der Waals surface area contributed by atoms with Crippen LogP contribution >= 0.6 is 0 Å². The molecule has 0 saturated carbocycles. The summed E-state index contributed by atoms with van der Waals surface area (Å²) in [6.45, 7) is 1.79. The van der Waals surface area contributed by atoms with Gasteiger partial charge in [-0.25, -0.2) is 4.39 Å². The number of hydrogen-bond acceptors (Lipinski definition) is 2. The van der Waals surface area contributed by atoms with Crippen LogP contribution in [0.3, 0.4) is 0 Å². The third kappa shape index (κ3) is 2.19. The Bertz CT molecular complexity index is 499. The molecule has 0 radical (unpaired) electrons. The van der Waals surface area contributed by atoms with E-state index in [1.165, 1.54) is 6.20 Å².